The minimum atomic E-state index is 0.737. The second-order valence-electron chi connectivity index (χ2n) is 5.89. The van der Waals surface area contributed by atoms with Crippen molar-refractivity contribution in [3.8, 4) is 11.5 Å². The molecule has 1 aliphatic heterocycles. The quantitative estimate of drug-likeness (QED) is 0.777. The maximum atomic E-state index is 5.55. The fourth-order valence-corrected chi connectivity index (χ4v) is 3.80. The monoisotopic (exact) mass is 356 g/mol. The first kappa shape index (κ1) is 17.7. The molecule has 2 aromatic rings. The van der Waals surface area contributed by atoms with Gasteiger partial charge < -0.3 is 14.4 Å². The third-order valence-electron chi connectivity index (χ3n) is 4.12. The number of hydrogen-bond donors (Lipinski definition) is 0. The summed E-state index contributed by atoms with van der Waals surface area (Å²) in [6.45, 7) is 2.47. The van der Waals surface area contributed by atoms with Crippen LogP contribution in [-0.4, -0.2) is 36.6 Å². The molecule has 25 heavy (non-hydrogen) atoms. The first-order valence-corrected chi connectivity index (χ1v) is 9.45. The van der Waals surface area contributed by atoms with Crippen molar-refractivity contribution in [2.24, 2.45) is 4.99 Å². The van der Waals surface area contributed by atoms with Gasteiger partial charge in [0.05, 0.1) is 14.2 Å². The van der Waals surface area contributed by atoms with Crippen LogP contribution in [0, 0.1) is 0 Å². The first-order chi connectivity index (χ1) is 12.3. The fourth-order valence-electron chi connectivity index (χ4n) is 2.85. The highest BCUT2D eigenvalue weighted by atomic mass is 32.2. The summed E-state index contributed by atoms with van der Waals surface area (Å²) in [5.41, 5.74) is 2.38. The lowest BCUT2D eigenvalue weighted by Crippen LogP contribution is -2.30. The zero-order chi connectivity index (χ0) is 17.5. The zero-order valence-electron chi connectivity index (χ0n) is 14.8. The number of ether oxygens (including phenoxy) is 2. The van der Waals surface area contributed by atoms with Gasteiger partial charge in [0.25, 0.3) is 0 Å². The van der Waals surface area contributed by atoms with Crippen molar-refractivity contribution in [1.29, 1.82) is 0 Å². The van der Waals surface area contributed by atoms with E-state index in [1.165, 1.54) is 5.56 Å². The van der Waals surface area contributed by atoms with Crippen LogP contribution >= 0.6 is 11.8 Å². The molecule has 0 saturated carbocycles. The average Bonchev–Trinajstić information content (AvgIpc) is 2.69. The van der Waals surface area contributed by atoms with E-state index in [1.807, 2.05) is 36.0 Å². The van der Waals surface area contributed by atoms with Gasteiger partial charge in [-0.1, -0.05) is 42.1 Å². The van der Waals surface area contributed by atoms with Gasteiger partial charge in [0, 0.05) is 31.0 Å². The van der Waals surface area contributed by atoms with Crippen LogP contribution in [0.3, 0.4) is 0 Å². The number of benzene rings is 2. The van der Waals surface area contributed by atoms with Crippen molar-refractivity contribution < 1.29 is 9.47 Å². The van der Waals surface area contributed by atoms with Crippen LogP contribution in [0.2, 0.25) is 0 Å². The van der Waals surface area contributed by atoms with Gasteiger partial charge in [-0.3, -0.25) is 4.99 Å². The van der Waals surface area contributed by atoms with E-state index in [1.54, 1.807) is 14.2 Å². The predicted octanol–water partition coefficient (Wildman–Crippen LogP) is 4.20. The van der Waals surface area contributed by atoms with E-state index in [2.05, 4.69) is 29.2 Å². The van der Waals surface area contributed by atoms with Crippen molar-refractivity contribution in [1.82, 2.24) is 4.90 Å². The summed E-state index contributed by atoms with van der Waals surface area (Å²) in [6.07, 6.45) is 1.15. The minimum absolute atomic E-state index is 0.737. The maximum absolute atomic E-state index is 5.55. The maximum Gasteiger partial charge on any atom is 0.159 e. The molecule has 0 aliphatic carbocycles. The Hall–Kier alpha value is -2.14. The lowest BCUT2D eigenvalue weighted by molar-refractivity contribution is 0.372. The lowest BCUT2D eigenvalue weighted by atomic mass is 10.1. The Balaban J connectivity index is 1.88. The summed E-state index contributed by atoms with van der Waals surface area (Å²) in [5, 5.41) is 1.11. The number of methoxy groups -OCH3 is 2. The third kappa shape index (κ3) is 4.69. The minimum Gasteiger partial charge on any atom is -0.497 e. The molecule has 0 amide bonds. The van der Waals surface area contributed by atoms with Gasteiger partial charge in [-0.25, -0.2) is 0 Å². The van der Waals surface area contributed by atoms with E-state index >= 15 is 0 Å². The molecule has 0 fully saturated rings. The second-order valence-corrected chi connectivity index (χ2v) is 6.95. The normalized spacial score (nSPS) is 13.9. The molecule has 0 atom stereocenters. The number of thioether (sulfide) groups is 1. The number of nitrogens with zero attached hydrogens (tertiary/aromatic N) is 2. The Bertz CT molecular complexity index is 719. The molecule has 4 nitrogen and oxygen atoms in total. The molecule has 1 heterocycles. The molecule has 132 valence electrons. The van der Waals surface area contributed by atoms with Crippen LogP contribution in [0.15, 0.2) is 53.5 Å². The van der Waals surface area contributed by atoms with E-state index in [9.17, 15) is 0 Å². The van der Waals surface area contributed by atoms with Gasteiger partial charge >= 0.3 is 0 Å². The Kier molecular flexibility index (Phi) is 6.23. The SMILES string of the molecule is COc1ccc(OC)c(CN(Cc2ccccc2)C2=NCCCS2)c1. The van der Waals surface area contributed by atoms with Gasteiger partial charge in [0.1, 0.15) is 11.5 Å². The van der Waals surface area contributed by atoms with E-state index < -0.39 is 0 Å². The molecule has 0 radical (unpaired) electrons. The van der Waals surface area contributed by atoms with Crippen LogP contribution < -0.4 is 9.47 Å². The van der Waals surface area contributed by atoms with Crippen LogP contribution in [0.5, 0.6) is 11.5 Å². The van der Waals surface area contributed by atoms with E-state index in [0.29, 0.717) is 0 Å². The van der Waals surface area contributed by atoms with Crippen LogP contribution in [-0.2, 0) is 13.1 Å². The van der Waals surface area contributed by atoms with Crippen molar-refractivity contribution in [2.45, 2.75) is 19.5 Å². The van der Waals surface area contributed by atoms with Gasteiger partial charge in [0.2, 0.25) is 0 Å². The summed E-state index contributed by atoms with van der Waals surface area (Å²) in [7, 11) is 3.40. The Morgan fingerprint density at radius 2 is 1.88 bits per heavy atom. The molecule has 0 bridgehead atoms. The second kappa shape index (κ2) is 8.81. The summed E-state index contributed by atoms with van der Waals surface area (Å²) in [6, 6.07) is 16.5. The number of rotatable bonds is 6. The van der Waals surface area contributed by atoms with Crippen LogP contribution in [0.1, 0.15) is 17.5 Å². The van der Waals surface area contributed by atoms with Gasteiger partial charge in [-0.05, 0) is 30.2 Å². The molecule has 5 heteroatoms. The van der Waals surface area contributed by atoms with Crippen molar-refractivity contribution >= 4 is 16.9 Å². The smallest absolute Gasteiger partial charge is 0.159 e. The topological polar surface area (TPSA) is 34.1 Å². The summed E-state index contributed by atoms with van der Waals surface area (Å²) in [5.74, 6) is 2.84. The van der Waals surface area contributed by atoms with E-state index in [0.717, 1.165) is 54.0 Å². The van der Waals surface area contributed by atoms with Gasteiger partial charge in [-0.15, -0.1) is 0 Å². The third-order valence-corrected chi connectivity index (χ3v) is 5.25. The molecule has 0 saturated heterocycles. The van der Waals surface area contributed by atoms with Crippen molar-refractivity contribution in [3.63, 3.8) is 0 Å². The standard InChI is InChI=1S/C20H24N2O2S/c1-23-18-9-10-19(24-2)17(13-18)15-22(20-21-11-6-12-25-20)14-16-7-4-3-5-8-16/h3-5,7-10,13H,6,11-12,14-15H2,1-2H3. The van der Waals surface area contributed by atoms with Crippen molar-refractivity contribution in [2.75, 3.05) is 26.5 Å². The molecule has 3 rings (SSSR count). The first-order valence-electron chi connectivity index (χ1n) is 8.47. The molecule has 0 unspecified atom stereocenters. The van der Waals surface area contributed by atoms with Gasteiger partial charge in [0.15, 0.2) is 5.17 Å². The predicted molar refractivity (Wildman–Crippen MR) is 105 cm³/mol. The summed E-state index contributed by atoms with van der Waals surface area (Å²) < 4.78 is 10.9. The highest BCUT2D eigenvalue weighted by Crippen LogP contribution is 2.28. The van der Waals surface area contributed by atoms with Crippen LogP contribution in [0.25, 0.3) is 0 Å². The number of aliphatic imine (C=N–C) groups is 1. The molecule has 0 N–H and O–H groups in total. The molecule has 1 aliphatic rings. The van der Waals surface area contributed by atoms with Gasteiger partial charge in [-0.2, -0.15) is 0 Å². The lowest BCUT2D eigenvalue weighted by Gasteiger charge is -2.28. The zero-order valence-corrected chi connectivity index (χ0v) is 15.6. The van der Waals surface area contributed by atoms with E-state index in [-0.39, 0.29) is 0 Å². The average molecular weight is 356 g/mol. The largest absolute Gasteiger partial charge is 0.497 e. The molecule has 0 aromatic heterocycles. The van der Waals surface area contributed by atoms with Crippen LogP contribution in [0.4, 0.5) is 0 Å². The van der Waals surface area contributed by atoms with E-state index in [4.69, 9.17) is 14.5 Å². The Morgan fingerprint density at radius 1 is 1.04 bits per heavy atom. The fraction of sp³-hybridized carbons (Fsp3) is 0.350. The molecular weight excluding hydrogens is 332 g/mol. The Morgan fingerprint density at radius 3 is 2.56 bits per heavy atom. The summed E-state index contributed by atoms with van der Waals surface area (Å²) in [4.78, 5) is 7.08. The molecule has 2 aromatic carbocycles. The highest BCUT2D eigenvalue weighted by Gasteiger charge is 2.18. The Labute approximate surface area is 153 Å². The summed E-state index contributed by atoms with van der Waals surface area (Å²) >= 11 is 1.84. The number of amidine groups is 1. The molecule has 0 spiro atoms. The highest BCUT2D eigenvalue weighted by molar-refractivity contribution is 8.13. The molecular formula is C20H24N2O2S. The van der Waals surface area contributed by atoms with Crippen molar-refractivity contribution in [3.05, 3.63) is 59.7 Å². The number of hydrogen-bond acceptors (Lipinski definition) is 5.